The lowest BCUT2D eigenvalue weighted by atomic mass is 10.1. The maximum atomic E-state index is 15.3. The van der Waals surface area contributed by atoms with Crippen LogP contribution in [0.1, 0.15) is 55.6 Å². The van der Waals surface area contributed by atoms with Crippen LogP contribution >= 0.6 is 0 Å². The van der Waals surface area contributed by atoms with E-state index in [4.69, 9.17) is 9.72 Å². The molecule has 1 saturated carbocycles. The molecule has 0 aliphatic heterocycles. The monoisotopic (exact) mass is 567 g/mol. The van der Waals surface area contributed by atoms with Gasteiger partial charge in [-0.15, -0.1) is 0 Å². The van der Waals surface area contributed by atoms with Gasteiger partial charge in [-0.25, -0.2) is 34.3 Å². The summed E-state index contributed by atoms with van der Waals surface area (Å²) in [5.74, 6) is 0.611. The maximum absolute atomic E-state index is 15.3. The van der Waals surface area contributed by atoms with Crippen molar-refractivity contribution in [1.29, 1.82) is 0 Å². The van der Waals surface area contributed by atoms with E-state index in [-0.39, 0.29) is 29.9 Å². The second-order valence-corrected chi connectivity index (χ2v) is 10.0. The highest BCUT2D eigenvalue weighted by atomic mass is 19.4. The number of H-pyrrole nitrogens is 1. The molecule has 1 aliphatic carbocycles. The largest absolute Gasteiger partial charge is 0.480 e. The highest BCUT2D eigenvalue weighted by Crippen LogP contribution is 2.45. The van der Waals surface area contributed by atoms with E-state index in [0.29, 0.717) is 39.8 Å². The third kappa shape index (κ3) is 5.05. The van der Waals surface area contributed by atoms with Crippen LogP contribution in [0.2, 0.25) is 0 Å². The number of benzene rings is 1. The summed E-state index contributed by atoms with van der Waals surface area (Å²) in [6, 6.07) is 3.97. The molecule has 0 amide bonds. The van der Waals surface area contributed by atoms with Crippen molar-refractivity contribution < 1.29 is 22.3 Å². The fraction of sp³-hybridized carbons (Fsp3) is 0.333. The molecule has 0 atom stereocenters. The smallest absolute Gasteiger partial charge is 0.434 e. The number of hydrogen-bond acceptors (Lipinski definition) is 8. The summed E-state index contributed by atoms with van der Waals surface area (Å²) in [6.45, 7) is 3.57. The van der Waals surface area contributed by atoms with Crippen molar-refractivity contribution in [2.75, 3.05) is 12.4 Å². The van der Waals surface area contributed by atoms with Gasteiger partial charge < -0.3 is 19.6 Å². The van der Waals surface area contributed by atoms with E-state index in [0.717, 1.165) is 24.7 Å². The molecule has 212 valence electrons. The van der Waals surface area contributed by atoms with E-state index in [1.54, 1.807) is 19.9 Å². The summed E-state index contributed by atoms with van der Waals surface area (Å²) in [5, 5.41) is 3.20. The Morgan fingerprint density at radius 3 is 2.61 bits per heavy atom. The summed E-state index contributed by atoms with van der Waals surface area (Å²) >= 11 is 0. The average molecular weight is 568 g/mol. The Morgan fingerprint density at radius 1 is 1.12 bits per heavy atom. The number of rotatable bonds is 8. The molecule has 0 radical (unpaired) electrons. The zero-order valence-electron chi connectivity index (χ0n) is 22.3. The van der Waals surface area contributed by atoms with E-state index in [2.05, 4.69) is 35.2 Å². The second kappa shape index (κ2) is 10.1. The molecular weight excluding hydrogens is 542 g/mol. The number of imidazole rings is 2. The number of fused-ring (bicyclic) bond motifs is 1. The molecule has 5 aromatic rings. The topological polar surface area (TPSA) is 119 Å². The molecule has 41 heavy (non-hydrogen) atoms. The minimum absolute atomic E-state index is 0.0259. The number of anilines is 1. The van der Waals surface area contributed by atoms with E-state index >= 15 is 4.39 Å². The van der Waals surface area contributed by atoms with Crippen LogP contribution in [0.25, 0.3) is 33.9 Å². The molecule has 0 bridgehead atoms. The van der Waals surface area contributed by atoms with Gasteiger partial charge in [-0.05, 0) is 44.4 Å². The van der Waals surface area contributed by atoms with Crippen molar-refractivity contribution in [3.05, 3.63) is 59.8 Å². The third-order valence-corrected chi connectivity index (χ3v) is 6.82. The van der Waals surface area contributed by atoms with Gasteiger partial charge in [0.1, 0.15) is 29.0 Å². The Kier molecular flexibility index (Phi) is 6.54. The van der Waals surface area contributed by atoms with Crippen LogP contribution in [0, 0.1) is 5.82 Å². The van der Waals surface area contributed by atoms with Crippen LogP contribution in [-0.4, -0.2) is 46.6 Å². The Bertz CT molecular complexity index is 1740. The van der Waals surface area contributed by atoms with Crippen molar-refractivity contribution in [1.82, 2.24) is 39.5 Å². The van der Waals surface area contributed by atoms with Crippen LogP contribution < -0.4 is 10.1 Å². The Balaban J connectivity index is 1.31. The van der Waals surface area contributed by atoms with E-state index in [9.17, 15) is 13.2 Å². The molecule has 0 saturated heterocycles. The zero-order valence-corrected chi connectivity index (χ0v) is 22.3. The summed E-state index contributed by atoms with van der Waals surface area (Å²) < 4.78 is 62.0. The molecule has 4 aromatic heterocycles. The predicted molar refractivity (Wildman–Crippen MR) is 142 cm³/mol. The maximum Gasteiger partial charge on any atom is 0.434 e. The minimum atomic E-state index is -4.64. The number of aromatic nitrogens is 8. The van der Waals surface area contributed by atoms with Gasteiger partial charge in [0.25, 0.3) is 0 Å². The molecule has 2 N–H and O–H groups in total. The summed E-state index contributed by atoms with van der Waals surface area (Å²) in [6.07, 6.45) is 1.21. The first-order chi connectivity index (χ1) is 19.6. The summed E-state index contributed by atoms with van der Waals surface area (Å²) in [4.78, 5) is 29.0. The number of halogens is 4. The van der Waals surface area contributed by atoms with Crippen molar-refractivity contribution >= 4 is 17.0 Å². The highest BCUT2D eigenvalue weighted by Gasteiger charge is 2.36. The van der Waals surface area contributed by atoms with Gasteiger partial charge in [0.05, 0.1) is 24.7 Å². The first-order valence-corrected chi connectivity index (χ1v) is 12.9. The van der Waals surface area contributed by atoms with Crippen molar-refractivity contribution in [3.8, 4) is 28.7 Å². The van der Waals surface area contributed by atoms with Crippen LogP contribution in [0.3, 0.4) is 0 Å². The van der Waals surface area contributed by atoms with Gasteiger partial charge in [0.2, 0.25) is 5.88 Å². The molecular formula is C27H25F4N9O. The normalized spacial score (nSPS) is 13.8. The average Bonchev–Trinajstić information content (AvgIpc) is 3.49. The molecule has 0 spiro atoms. The zero-order chi connectivity index (χ0) is 28.9. The van der Waals surface area contributed by atoms with E-state index in [1.807, 2.05) is 0 Å². The minimum Gasteiger partial charge on any atom is -0.480 e. The number of nitrogens with one attached hydrogen (secondary N) is 2. The van der Waals surface area contributed by atoms with Gasteiger partial charge in [0.15, 0.2) is 23.0 Å². The SMILES string of the molecule is COc1ncnc(C2CC2)c1-c1nc(NCc2ccc(-c3nc(C(F)(F)F)cn3C(C)C)c(F)c2)c2[nH]cnc2n1. The van der Waals surface area contributed by atoms with Gasteiger partial charge in [-0.1, -0.05) is 6.07 Å². The van der Waals surface area contributed by atoms with Gasteiger partial charge in [-0.3, -0.25) is 0 Å². The van der Waals surface area contributed by atoms with Crippen LogP contribution in [-0.2, 0) is 12.7 Å². The van der Waals surface area contributed by atoms with Crippen LogP contribution in [0.4, 0.5) is 23.4 Å². The number of alkyl halides is 3. The van der Waals surface area contributed by atoms with Crippen molar-refractivity contribution in [2.24, 2.45) is 0 Å². The Hall–Kier alpha value is -4.62. The van der Waals surface area contributed by atoms with Crippen molar-refractivity contribution in [2.45, 2.75) is 51.4 Å². The van der Waals surface area contributed by atoms with E-state index < -0.39 is 17.7 Å². The standard InChI is InChI=1S/C27H25F4N9O/c1-13(2)40-10-18(27(29,30)31)37-25(40)16-7-4-14(8-17(16)28)9-32-23-21-24(35-11-34-21)39-22(38-23)19-20(15-5-6-15)33-12-36-26(19)41-3/h4,7-8,10-13,15H,5-6,9H2,1-3H3,(H2,32,34,35,38,39). The summed E-state index contributed by atoms with van der Waals surface area (Å²) in [7, 11) is 1.52. The lowest BCUT2D eigenvalue weighted by molar-refractivity contribution is -0.140. The first kappa shape index (κ1) is 26.6. The first-order valence-electron chi connectivity index (χ1n) is 12.9. The number of aromatic amines is 1. The van der Waals surface area contributed by atoms with E-state index in [1.165, 1.54) is 36.5 Å². The molecule has 1 aromatic carbocycles. The second-order valence-electron chi connectivity index (χ2n) is 10.0. The Labute approximate surface area is 231 Å². The molecule has 1 aliphatic rings. The number of methoxy groups -OCH3 is 1. The molecule has 6 rings (SSSR count). The fourth-order valence-electron chi connectivity index (χ4n) is 4.65. The van der Waals surface area contributed by atoms with Crippen molar-refractivity contribution in [3.63, 3.8) is 0 Å². The lowest BCUT2D eigenvalue weighted by Gasteiger charge is -2.14. The fourth-order valence-corrected chi connectivity index (χ4v) is 4.65. The van der Waals surface area contributed by atoms with Crippen LogP contribution in [0.5, 0.6) is 5.88 Å². The van der Waals surface area contributed by atoms with Gasteiger partial charge in [-0.2, -0.15) is 13.2 Å². The number of hydrogen-bond donors (Lipinski definition) is 2. The van der Waals surface area contributed by atoms with Gasteiger partial charge >= 0.3 is 6.18 Å². The number of nitrogens with zero attached hydrogens (tertiary/aromatic N) is 7. The molecule has 14 heteroatoms. The molecule has 1 fully saturated rings. The number of ether oxygens (including phenoxy) is 1. The molecule has 0 unspecified atom stereocenters. The molecule has 10 nitrogen and oxygen atoms in total. The highest BCUT2D eigenvalue weighted by molar-refractivity contribution is 5.85. The third-order valence-electron chi connectivity index (χ3n) is 6.82. The quantitative estimate of drug-likeness (QED) is 0.222. The Morgan fingerprint density at radius 2 is 1.93 bits per heavy atom. The molecule has 4 heterocycles. The van der Waals surface area contributed by atoms with Crippen LogP contribution in [0.15, 0.2) is 37.1 Å². The summed E-state index contributed by atoms with van der Waals surface area (Å²) in [5.41, 5.74) is 1.81. The lowest BCUT2D eigenvalue weighted by Crippen LogP contribution is -2.07. The predicted octanol–water partition coefficient (Wildman–Crippen LogP) is 5.91. The van der Waals surface area contributed by atoms with Gasteiger partial charge in [0, 0.05) is 24.7 Å².